The SMILES string of the molecule is COC(=O)c1ccc(-c2cc(-c3cnn(C)c3)cnc2N)cc1F. The van der Waals surface area contributed by atoms with Crippen molar-refractivity contribution in [3.8, 4) is 22.3 Å². The Morgan fingerprint density at radius 3 is 2.62 bits per heavy atom. The number of methoxy groups -OCH3 is 1. The number of nitrogens with zero attached hydrogens (tertiary/aromatic N) is 3. The molecule has 0 unspecified atom stereocenters. The number of ether oxygens (including phenoxy) is 1. The van der Waals surface area contributed by atoms with Gasteiger partial charge >= 0.3 is 5.97 Å². The highest BCUT2D eigenvalue weighted by atomic mass is 19.1. The molecule has 3 rings (SSSR count). The molecule has 0 amide bonds. The van der Waals surface area contributed by atoms with Crippen LogP contribution in [-0.4, -0.2) is 27.8 Å². The predicted octanol–water partition coefficient (Wildman–Crippen LogP) is 2.66. The van der Waals surface area contributed by atoms with E-state index in [4.69, 9.17) is 5.73 Å². The number of esters is 1. The van der Waals surface area contributed by atoms with Gasteiger partial charge in [-0.05, 0) is 23.8 Å². The van der Waals surface area contributed by atoms with Gasteiger partial charge in [-0.1, -0.05) is 6.07 Å². The van der Waals surface area contributed by atoms with Crippen LogP contribution in [0.15, 0.2) is 42.9 Å². The summed E-state index contributed by atoms with van der Waals surface area (Å²) in [4.78, 5) is 15.7. The molecular weight excluding hydrogens is 311 g/mol. The van der Waals surface area contributed by atoms with Crippen molar-refractivity contribution in [3.63, 3.8) is 0 Å². The fourth-order valence-electron chi connectivity index (χ4n) is 2.39. The summed E-state index contributed by atoms with van der Waals surface area (Å²) in [6, 6.07) is 6.03. The van der Waals surface area contributed by atoms with Crippen LogP contribution in [-0.2, 0) is 11.8 Å². The smallest absolute Gasteiger partial charge is 0.340 e. The summed E-state index contributed by atoms with van der Waals surface area (Å²) in [6.07, 6.45) is 5.19. The lowest BCUT2D eigenvalue weighted by Crippen LogP contribution is -2.04. The summed E-state index contributed by atoms with van der Waals surface area (Å²) in [7, 11) is 3.02. The molecule has 0 aliphatic rings. The fraction of sp³-hybridized carbons (Fsp3) is 0.118. The average molecular weight is 326 g/mol. The number of nitrogens with two attached hydrogens (primary N) is 1. The van der Waals surface area contributed by atoms with Crippen molar-refractivity contribution in [1.29, 1.82) is 0 Å². The highest BCUT2D eigenvalue weighted by Crippen LogP contribution is 2.30. The van der Waals surface area contributed by atoms with Gasteiger partial charge in [-0.3, -0.25) is 4.68 Å². The van der Waals surface area contributed by atoms with Gasteiger partial charge in [0.15, 0.2) is 0 Å². The van der Waals surface area contributed by atoms with Crippen molar-refractivity contribution in [2.75, 3.05) is 12.8 Å². The van der Waals surface area contributed by atoms with Gasteiger partial charge in [0.05, 0.1) is 18.9 Å². The van der Waals surface area contributed by atoms with Crippen LogP contribution in [0, 0.1) is 5.82 Å². The first-order chi connectivity index (χ1) is 11.5. The molecular formula is C17H15FN4O2. The summed E-state index contributed by atoms with van der Waals surface area (Å²) in [5.74, 6) is -1.13. The normalized spacial score (nSPS) is 10.6. The number of benzene rings is 1. The molecule has 0 saturated carbocycles. The minimum Gasteiger partial charge on any atom is -0.465 e. The van der Waals surface area contributed by atoms with E-state index in [1.807, 2.05) is 19.3 Å². The van der Waals surface area contributed by atoms with E-state index in [0.29, 0.717) is 11.1 Å². The Balaban J connectivity index is 2.06. The average Bonchev–Trinajstić information content (AvgIpc) is 3.01. The van der Waals surface area contributed by atoms with Gasteiger partial charge in [-0.25, -0.2) is 14.2 Å². The van der Waals surface area contributed by atoms with Crippen LogP contribution in [0.25, 0.3) is 22.3 Å². The second-order valence-corrected chi connectivity index (χ2v) is 5.25. The van der Waals surface area contributed by atoms with Gasteiger partial charge < -0.3 is 10.5 Å². The van der Waals surface area contributed by atoms with Gasteiger partial charge in [0.2, 0.25) is 0 Å². The highest BCUT2D eigenvalue weighted by Gasteiger charge is 2.15. The Morgan fingerprint density at radius 2 is 2.00 bits per heavy atom. The molecule has 1 aromatic carbocycles. The third-order valence-corrected chi connectivity index (χ3v) is 3.64. The predicted molar refractivity (Wildman–Crippen MR) is 87.6 cm³/mol. The molecule has 0 bridgehead atoms. The zero-order valence-corrected chi connectivity index (χ0v) is 13.2. The van der Waals surface area contributed by atoms with Crippen LogP contribution >= 0.6 is 0 Å². The molecule has 122 valence electrons. The number of rotatable bonds is 3. The first-order valence-electron chi connectivity index (χ1n) is 7.12. The van der Waals surface area contributed by atoms with Crippen LogP contribution in [0.3, 0.4) is 0 Å². The van der Waals surface area contributed by atoms with Crippen LogP contribution in [0.2, 0.25) is 0 Å². The van der Waals surface area contributed by atoms with Gasteiger partial charge in [0.1, 0.15) is 11.6 Å². The van der Waals surface area contributed by atoms with Gasteiger partial charge in [-0.2, -0.15) is 5.10 Å². The lowest BCUT2D eigenvalue weighted by molar-refractivity contribution is 0.0595. The molecule has 6 nitrogen and oxygen atoms in total. The number of hydrogen-bond donors (Lipinski definition) is 1. The number of carbonyl (C=O) groups is 1. The zero-order chi connectivity index (χ0) is 17.3. The van der Waals surface area contributed by atoms with E-state index in [-0.39, 0.29) is 11.4 Å². The minimum absolute atomic E-state index is 0.129. The molecule has 0 aliphatic carbocycles. The Bertz CT molecular complexity index is 921. The van der Waals surface area contributed by atoms with Crippen LogP contribution in [0.4, 0.5) is 10.2 Å². The van der Waals surface area contributed by atoms with Crippen molar-refractivity contribution in [2.45, 2.75) is 0 Å². The molecule has 0 spiro atoms. The van der Waals surface area contributed by atoms with E-state index >= 15 is 0 Å². The molecule has 3 aromatic rings. The molecule has 0 aliphatic heterocycles. The Hall–Kier alpha value is -3.22. The first kappa shape index (κ1) is 15.7. The number of hydrogen-bond acceptors (Lipinski definition) is 5. The number of nitrogen functional groups attached to an aromatic ring is 1. The Morgan fingerprint density at radius 1 is 1.21 bits per heavy atom. The highest BCUT2D eigenvalue weighted by molar-refractivity contribution is 5.91. The van der Waals surface area contributed by atoms with Crippen molar-refractivity contribution < 1.29 is 13.9 Å². The molecule has 7 heteroatoms. The quantitative estimate of drug-likeness (QED) is 0.748. The third-order valence-electron chi connectivity index (χ3n) is 3.64. The number of anilines is 1. The lowest BCUT2D eigenvalue weighted by atomic mass is 10.0. The molecule has 0 saturated heterocycles. The standard InChI is InChI=1S/C17H15FN4O2/c1-22-9-12(8-21-22)11-5-14(16(19)20-7-11)10-3-4-13(15(18)6-10)17(23)24-2/h3-9H,1-2H3,(H2,19,20). The van der Waals surface area contributed by atoms with Crippen LogP contribution in [0.1, 0.15) is 10.4 Å². The maximum atomic E-state index is 14.2. The minimum atomic E-state index is -0.728. The maximum absolute atomic E-state index is 14.2. The van der Waals surface area contributed by atoms with Crippen molar-refractivity contribution in [1.82, 2.24) is 14.8 Å². The summed E-state index contributed by atoms with van der Waals surface area (Å²) < 4.78 is 20.4. The molecule has 2 heterocycles. The van der Waals surface area contributed by atoms with Crippen LogP contribution in [0.5, 0.6) is 0 Å². The van der Waals surface area contributed by atoms with E-state index < -0.39 is 11.8 Å². The van der Waals surface area contributed by atoms with Gasteiger partial charge in [-0.15, -0.1) is 0 Å². The first-order valence-corrected chi connectivity index (χ1v) is 7.12. The molecule has 0 radical (unpaired) electrons. The topological polar surface area (TPSA) is 83.0 Å². The second kappa shape index (κ2) is 6.11. The van der Waals surface area contributed by atoms with Crippen molar-refractivity contribution in [3.05, 3.63) is 54.2 Å². The maximum Gasteiger partial charge on any atom is 0.340 e. The molecule has 2 N–H and O–H groups in total. The number of aryl methyl sites for hydroxylation is 1. The number of pyridine rings is 1. The van der Waals surface area contributed by atoms with Gasteiger partial charge in [0.25, 0.3) is 0 Å². The lowest BCUT2D eigenvalue weighted by Gasteiger charge is -2.09. The Labute approximate surface area is 137 Å². The third kappa shape index (κ3) is 2.83. The zero-order valence-electron chi connectivity index (χ0n) is 13.2. The molecule has 0 fully saturated rings. The summed E-state index contributed by atoms with van der Waals surface area (Å²) >= 11 is 0. The molecule has 2 aromatic heterocycles. The second-order valence-electron chi connectivity index (χ2n) is 5.25. The van der Waals surface area contributed by atoms with E-state index in [1.54, 1.807) is 23.1 Å². The van der Waals surface area contributed by atoms with E-state index in [2.05, 4.69) is 14.8 Å². The Kier molecular flexibility index (Phi) is 3.99. The summed E-state index contributed by atoms with van der Waals surface area (Å²) in [5.41, 5.74) is 8.59. The van der Waals surface area contributed by atoms with Crippen molar-refractivity contribution in [2.24, 2.45) is 7.05 Å². The largest absolute Gasteiger partial charge is 0.465 e. The number of aromatic nitrogens is 3. The number of carbonyl (C=O) groups excluding carboxylic acids is 1. The number of halogens is 1. The fourth-order valence-corrected chi connectivity index (χ4v) is 2.39. The van der Waals surface area contributed by atoms with Crippen LogP contribution < -0.4 is 5.73 Å². The van der Waals surface area contributed by atoms with E-state index in [0.717, 1.165) is 11.1 Å². The monoisotopic (exact) mass is 326 g/mol. The molecule has 0 atom stereocenters. The van der Waals surface area contributed by atoms with E-state index in [9.17, 15) is 9.18 Å². The van der Waals surface area contributed by atoms with Gasteiger partial charge in [0, 0.05) is 36.1 Å². The van der Waals surface area contributed by atoms with E-state index in [1.165, 1.54) is 19.2 Å². The summed E-state index contributed by atoms with van der Waals surface area (Å²) in [6.45, 7) is 0. The molecule has 24 heavy (non-hydrogen) atoms. The van der Waals surface area contributed by atoms with Crippen molar-refractivity contribution >= 4 is 11.8 Å². The summed E-state index contributed by atoms with van der Waals surface area (Å²) in [5, 5.41) is 4.12.